The molecule has 8 heteroatoms. The van der Waals surface area contributed by atoms with Crippen LogP contribution >= 0.6 is 11.6 Å². The van der Waals surface area contributed by atoms with E-state index in [9.17, 15) is 9.59 Å². The first kappa shape index (κ1) is 18.7. The van der Waals surface area contributed by atoms with Crippen molar-refractivity contribution < 1.29 is 14.2 Å². The average molecular weight is 401 g/mol. The largest absolute Gasteiger partial charge is 0.402 e. The van der Waals surface area contributed by atoms with E-state index in [0.29, 0.717) is 16.8 Å². The second-order valence-electron chi connectivity index (χ2n) is 7.57. The van der Waals surface area contributed by atoms with Gasteiger partial charge in [0.25, 0.3) is 5.91 Å². The number of aromatic nitrogens is 2. The number of amides is 3. The number of hydrogen-bond acceptors (Lipinski definition) is 3. The number of rotatable bonds is 3. The molecule has 1 aromatic heterocycles. The van der Waals surface area contributed by atoms with Gasteiger partial charge < -0.3 is 0 Å². The van der Waals surface area contributed by atoms with Gasteiger partial charge in [0.05, 0.1) is 12.6 Å². The number of fused-ring (bicyclic) bond motifs is 3. The van der Waals surface area contributed by atoms with E-state index >= 15 is 0 Å². The number of likely N-dealkylation sites (N-methyl/N-ethyl adjacent to an activating group) is 1. The number of imide groups is 1. The van der Waals surface area contributed by atoms with Crippen LogP contribution in [0.2, 0.25) is 5.02 Å². The normalized spacial score (nSPS) is 18.7. The summed E-state index contributed by atoms with van der Waals surface area (Å²) < 4.78 is 4.05. The smallest absolute Gasteiger partial charge is 0.270 e. The molecule has 28 heavy (non-hydrogen) atoms. The highest BCUT2D eigenvalue weighted by Crippen LogP contribution is 2.33. The zero-order chi connectivity index (χ0) is 20.3. The molecule has 2 aromatic rings. The summed E-state index contributed by atoms with van der Waals surface area (Å²) in [5.41, 5.74) is 2.85. The average Bonchev–Trinajstić information content (AvgIpc) is 3.13. The molecule has 4 rings (SSSR count). The second kappa shape index (κ2) is 6.44. The summed E-state index contributed by atoms with van der Waals surface area (Å²) in [6.45, 7) is 8.35. The van der Waals surface area contributed by atoms with Crippen LogP contribution in [-0.2, 0) is 11.3 Å². The van der Waals surface area contributed by atoms with Gasteiger partial charge in [0.15, 0.2) is 0 Å². The van der Waals surface area contributed by atoms with Crippen molar-refractivity contribution in [2.45, 2.75) is 46.3 Å². The fraction of sp³-hybridized carbons (Fsp3) is 0.400. The molecule has 3 amide bonds. The molecule has 0 bridgehead atoms. The molecular weight excluding hydrogens is 378 g/mol. The van der Waals surface area contributed by atoms with Crippen LogP contribution in [0.5, 0.6) is 0 Å². The number of halogens is 1. The van der Waals surface area contributed by atoms with Crippen LogP contribution in [0, 0.1) is 13.8 Å². The molecule has 0 saturated carbocycles. The van der Waals surface area contributed by atoms with Crippen LogP contribution < -0.4 is 4.57 Å². The minimum atomic E-state index is -0.629. The Morgan fingerprint density at radius 2 is 1.96 bits per heavy atom. The molecular formula is C20H23ClN5O2+. The maximum atomic E-state index is 13.4. The van der Waals surface area contributed by atoms with Gasteiger partial charge in [-0.2, -0.15) is 0 Å². The molecule has 1 unspecified atom stereocenters. The molecule has 1 saturated heterocycles. The highest BCUT2D eigenvalue weighted by atomic mass is 35.5. The van der Waals surface area contributed by atoms with Gasteiger partial charge in [0, 0.05) is 12.1 Å². The first-order chi connectivity index (χ1) is 13.2. The van der Waals surface area contributed by atoms with E-state index in [1.165, 1.54) is 9.80 Å². The molecule has 2 aliphatic rings. The summed E-state index contributed by atoms with van der Waals surface area (Å²) in [7, 11) is 1.67. The van der Waals surface area contributed by atoms with Gasteiger partial charge in [-0.25, -0.2) is 13.9 Å². The van der Waals surface area contributed by atoms with E-state index in [1.54, 1.807) is 19.2 Å². The van der Waals surface area contributed by atoms with Crippen LogP contribution in [0.15, 0.2) is 29.3 Å². The van der Waals surface area contributed by atoms with Gasteiger partial charge in [-0.05, 0) is 45.4 Å². The Labute approximate surface area is 168 Å². The number of benzene rings is 1. The molecule has 1 atom stereocenters. The van der Waals surface area contributed by atoms with Crippen LogP contribution in [0.25, 0.3) is 0 Å². The van der Waals surface area contributed by atoms with Crippen molar-refractivity contribution >= 4 is 35.3 Å². The Hall–Kier alpha value is -2.67. The van der Waals surface area contributed by atoms with E-state index in [-0.39, 0.29) is 24.5 Å². The number of imidazole rings is 1. The van der Waals surface area contributed by atoms with Crippen molar-refractivity contribution in [2.24, 2.45) is 4.99 Å². The van der Waals surface area contributed by atoms with Crippen molar-refractivity contribution in [1.82, 2.24) is 14.4 Å². The van der Waals surface area contributed by atoms with Crippen molar-refractivity contribution in [3.8, 4) is 0 Å². The lowest BCUT2D eigenvalue weighted by atomic mass is 10.1. The Bertz CT molecular complexity index is 1040. The van der Waals surface area contributed by atoms with Crippen molar-refractivity contribution in [3.05, 3.63) is 46.2 Å². The topological polar surface area (TPSA) is 61.8 Å². The number of hydrogen-bond donors (Lipinski definition) is 0. The number of carbonyl (C=O) groups excluding carboxylic acids is 2. The Kier molecular flexibility index (Phi) is 4.30. The Morgan fingerprint density at radius 1 is 1.25 bits per heavy atom. The molecule has 0 radical (unpaired) electrons. The molecule has 3 heterocycles. The summed E-state index contributed by atoms with van der Waals surface area (Å²) in [4.78, 5) is 33.7. The van der Waals surface area contributed by atoms with Crippen LogP contribution in [-0.4, -0.2) is 39.2 Å². The number of aliphatic imine (C=N–C) groups is 1. The number of urea groups is 1. The molecule has 1 fully saturated rings. The third kappa shape index (κ3) is 2.57. The van der Waals surface area contributed by atoms with Gasteiger partial charge in [0.2, 0.25) is 11.9 Å². The summed E-state index contributed by atoms with van der Waals surface area (Å²) in [5.74, 6) is 0.919. The monoisotopic (exact) mass is 400 g/mol. The molecule has 0 aliphatic carbocycles. The summed E-state index contributed by atoms with van der Waals surface area (Å²) in [6, 6.07) is 6.38. The molecule has 0 N–H and O–H groups in total. The van der Waals surface area contributed by atoms with E-state index in [2.05, 4.69) is 18.4 Å². The SMILES string of the molecule is Cc1c(C)[n+]2c(n1C(C)C)N=C1C2C(=O)N(Cc2cccc(Cl)c2)C(=O)N1C. The number of amidine groups is 1. The highest BCUT2D eigenvalue weighted by Gasteiger charge is 2.54. The number of carbonyl (C=O) groups is 2. The number of nitrogens with zero attached hydrogens (tertiary/aromatic N) is 5. The van der Waals surface area contributed by atoms with Crippen molar-refractivity contribution in [2.75, 3.05) is 7.05 Å². The van der Waals surface area contributed by atoms with Crippen molar-refractivity contribution in [1.29, 1.82) is 0 Å². The maximum Gasteiger partial charge on any atom is 0.402 e. The highest BCUT2D eigenvalue weighted by molar-refractivity contribution is 6.30. The van der Waals surface area contributed by atoms with Crippen LogP contribution in [0.1, 0.15) is 42.9 Å². The van der Waals surface area contributed by atoms with E-state index in [1.807, 2.05) is 30.5 Å². The fourth-order valence-electron chi connectivity index (χ4n) is 4.04. The lowest BCUT2D eigenvalue weighted by molar-refractivity contribution is -0.683. The predicted octanol–water partition coefficient (Wildman–Crippen LogP) is 3.31. The Morgan fingerprint density at radius 3 is 2.61 bits per heavy atom. The predicted molar refractivity (Wildman–Crippen MR) is 106 cm³/mol. The summed E-state index contributed by atoms with van der Waals surface area (Å²) in [5, 5.41) is 0.572. The first-order valence-corrected chi connectivity index (χ1v) is 9.65. The van der Waals surface area contributed by atoms with Crippen LogP contribution in [0.4, 0.5) is 10.7 Å². The van der Waals surface area contributed by atoms with Gasteiger partial charge in [-0.1, -0.05) is 28.7 Å². The second-order valence-corrected chi connectivity index (χ2v) is 8.01. The molecule has 7 nitrogen and oxygen atoms in total. The summed E-state index contributed by atoms with van der Waals surface area (Å²) >= 11 is 6.07. The molecule has 0 spiro atoms. The van der Waals surface area contributed by atoms with Gasteiger partial charge >= 0.3 is 12.0 Å². The third-order valence-electron chi connectivity index (χ3n) is 5.50. The molecule has 146 valence electrons. The van der Waals surface area contributed by atoms with E-state index < -0.39 is 6.04 Å². The molecule has 2 aliphatic heterocycles. The Balaban J connectivity index is 1.79. The molecule has 1 aromatic carbocycles. The van der Waals surface area contributed by atoms with Crippen molar-refractivity contribution in [3.63, 3.8) is 0 Å². The third-order valence-corrected chi connectivity index (χ3v) is 5.74. The fourth-order valence-corrected chi connectivity index (χ4v) is 4.26. The summed E-state index contributed by atoms with van der Waals surface area (Å²) in [6.07, 6.45) is 0. The van der Waals surface area contributed by atoms with Gasteiger partial charge in [-0.3, -0.25) is 14.6 Å². The quantitative estimate of drug-likeness (QED) is 0.742. The minimum Gasteiger partial charge on any atom is -0.270 e. The first-order valence-electron chi connectivity index (χ1n) is 9.27. The zero-order valence-corrected chi connectivity index (χ0v) is 17.4. The standard InChI is InChI=1S/C20H23ClN5O2/c1-11(2)25-12(3)13(4)26-16-17(22-19(25)26)23(5)20(28)24(18(16)27)10-14-7-6-8-15(21)9-14/h6-9,11,16H,10H2,1-5H3/q+1. The lowest BCUT2D eigenvalue weighted by Gasteiger charge is -2.33. The van der Waals surface area contributed by atoms with Crippen LogP contribution in [0.3, 0.4) is 0 Å². The van der Waals surface area contributed by atoms with E-state index in [0.717, 1.165) is 17.0 Å². The minimum absolute atomic E-state index is 0.172. The lowest BCUT2D eigenvalue weighted by Crippen LogP contribution is -2.63. The van der Waals surface area contributed by atoms with Gasteiger partial charge in [0.1, 0.15) is 11.4 Å². The van der Waals surface area contributed by atoms with Gasteiger partial charge in [-0.15, -0.1) is 0 Å². The zero-order valence-electron chi connectivity index (χ0n) is 16.6. The van der Waals surface area contributed by atoms with E-state index in [4.69, 9.17) is 16.6 Å². The maximum absolute atomic E-state index is 13.4.